The first kappa shape index (κ1) is 19.8. The molecule has 0 aliphatic carbocycles. The van der Waals surface area contributed by atoms with E-state index < -0.39 is 0 Å². The van der Waals surface area contributed by atoms with E-state index in [0.29, 0.717) is 4.88 Å². The molecule has 0 radical (unpaired) electrons. The van der Waals surface area contributed by atoms with Crippen molar-refractivity contribution < 1.29 is 4.79 Å². The number of amides is 1. The van der Waals surface area contributed by atoms with Crippen LogP contribution in [-0.4, -0.2) is 49.5 Å². The second kappa shape index (κ2) is 8.82. The van der Waals surface area contributed by atoms with Gasteiger partial charge in [-0.3, -0.25) is 4.79 Å². The fraction of sp³-hybridized carbons (Fsp3) is 0.400. The Labute approximate surface area is 168 Å². The highest BCUT2D eigenvalue weighted by Gasteiger charge is 2.16. The third kappa shape index (κ3) is 4.86. The average Bonchev–Trinajstić information content (AvgIpc) is 3.21. The molecule has 3 rings (SSSR count). The maximum absolute atomic E-state index is 12.6. The second-order valence-corrected chi connectivity index (χ2v) is 8.69. The Morgan fingerprint density at radius 1 is 1.11 bits per heavy atom. The number of carbonyl (C=O) groups is 1. The number of fused-ring (bicyclic) bond motifs is 1. The zero-order valence-electron chi connectivity index (χ0n) is 16.3. The molecule has 1 aromatic carbocycles. The topological polar surface area (TPSA) is 48.5 Å². The molecule has 0 saturated carbocycles. The lowest BCUT2D eigenvalue weighted by Crippen LogP contribution is -2.21. The average molecular weight is 403 g/mol. The van der Waals surface area contributed by atoms with E-state index in [-0.39, 0.29) is 5.91 Å². The van der Waals surface area contributed by atoms with Crippen LogP contribution in [0.1, 0.15) is 29.1 Å². The molecule has 1 N–H and O–H groups in total. The second-order valence-electron chi connectivity index (χ2n) is 6.65. The highest BCUT2D eigenvalue weighted by molar-refractivity contribution is 7.29. The van der Waals surface area contributed by atoms with Gasteiger partial charge < -0.3 is 15.1 Å². The zero-order chi connectivity index (χ0) is 19.4. The molecule has 0 fully saturated rings. The molecule has 0 spiro atoms. The van der Waals surface area contributed by atoms with Gasteiger partial charge in [-0.15, -0.1) is 11.3 Å². The Morgan fingerprint density at radius 3 is 2.41 bits per heavy atom. The number of nitrogens with zero attached hydrogens (tertiary/aromatic N) is 3. The fourth-order valence-electron chi connectivity index (χ4n) is 2.77. The summed E-state index contributed by atoms with van der Waals surface area (Å²) in [5, 5.41) is 4.02. The van der Waals surface area contributed by atoms with E-state index in [4.69, 9.17) is 4.98 Å². The third-order valence-electron chi connectivity index (χ3n) is 4.40. The van der Waals surface area contributed by atoms with Crippen molar-refractivity contribution in [2.45, 2.75) is 20.3 Å². The first-order valence-corrected chi connectivity index (χ1v) is 10.8. The van der Waals surface area contributed by atoms with Gasteiger partial charge in [0.1, 0.15) is 4.83 Å². The molecule has 0 bridgehead atoms. The van der Waals surface area contributed by atoms with Crippen LogP contribution < -0.4 is 10.2 Å². The van der Waals surface area contributed by atoms with Crippen LogP contribution in [-0.2, 0) is 6.42 Å². The number of thiophene rings is 1. The molecule has 2 aromatic heterocycles. The van der Waals surface area contributed by atoms with Crippen molar-refractivity contribution in [3.63, 3.8) is 0 Å². The molecule has 5 nitrogen and oxygen atoms in total. The van der Waals surface area contributed by atoms with Gasteiger partial charge in [0.25, 0.3) is 5.91 Å². The molecular formula is C20H26N4OS2. The number of aromatic nitrogens is 1. The van der Waals surface area contributed by atoms with Gasteiger partial charge in [-0.1, -0.05) is 23.5 Å². The Bertz CT molecular complexity index is 863. The third-order valence-corrected chi connectivity index (χ3v) is 6.62. The molecule has 27 heavy (non-hydrogen) atoms. The van der Waals surface area contributed by atoms with Gasteiger partial charge in [0, 0.05) is 25.3 Å². The van der Waals surface area contributed by atoms with Gasteiger partial charge in [-0.25, -0.2) is 4.98 Å². The summed E-state index contributed by atoms with van der Waals surface area (Å²) >= 11 is 3.10. The summed E-state index contributed by atoms with van der Waals surface area (Å²) in [4.78, 5) is 23.3. The molecule has 1 amide bonds. The minimum absolute atomic E-state index is 0.0735. The quantitative estimate of drug-likeness (QED) is 0.600. The van der Waals surface area contributed by atoms with Gasteiger partial charge >= 0.3 is 0 Å². The standard InChI is InChI=1S/C20H26N4OS2/c1-5-24(6-2)20-22-19-17(27-20)13-16(26-19)18(25)21-15-9-7-14(8-10-15)11-12-23(3)4/h7-10,13H,5-6,11-12H2,1-4H3,(H,21,25). The van der Waals surface area contributed by atoms with Crippen LogP contribution in [0.2, 0.25) is 0 Å². The molecule has 0 saturated heterocycles. The van der Waals surface area contributed by atoms with Crippen molar-refractivity contribution in [2.24, 2.45) is 0 Å². The maximum atomic E-state index is 12.6. The summed E-state index contributed by atoms with van der Waals surface area (Å²) in [5.74, 6) is -0.0735. The SMILES string of the molecule is CCN(CC)c1nc2sc(C(=O)Nc3ccc(CCN(C)C)cc3)cc2s1. The minimum Gasteiger partial charge on any atom is -0.349 e. The van der Waals surface area contributed by atoms with Crippen molar-refractivity contribution in [1.29, 1.82) is 0 Å². The number of carbonyl (C=O) groups excluding carboxylic acids is 1. The molecule has 0 atom stereocenters. The van der Waals surface area contributed by atoms with Crippen LogP contribution in [0.5, 0.6) is 0 Å². The largest absolute Gasteiger partial charge is 0.349 e. The molecule has 0 unspecified atom stereocenters. The number of anilines is 2. The number of likely N-dealkylation sites (N-methyl/N-ethyl adjacent to an activating group) is 1. The summed E-state index contributed by atoms with van der Waals surface area (Å²) in [6.07, 6.45) is 1.00. The van der Waals surface area contributed by atoms with Crippen molar-refractivity contribution in [3.05, 3.63) is 40.8 Å². The monoisotopic (exact) mass is 402 g/mol. The van der Waals surface area contributed by atoms with Crippen LogP contribution >= 0.6 is 22.7 Å². The van der Waals surface area contributed by atoms with Gasteiger partial charge in [0.15, 0.2) is 5.13 Å². The molecule has 7 heteroatoms. The normalized spacial score (nSPS) is 11.3. The Balaban J connectivity index is 1.66. The number of benzene rings is 1. The highest BCUT2D eigenvalue weighted by Crippen LogP contribution is 2.34. The predicted octanol–water partition coefficient (Wildman–Crippen LogP) is 4.56. The van der Waals surface area contributed by atoms with E-state index in [9.17, 15) is 4.79 Å². The molecule has 2 heterocycles. The molecule has 3 aromatic rings. The fourth-order valence-corrected chi connectivity index (χ4v) is 5.00. The lowest BCUT2D eigenvalue weighted by Gasteiger charge is -2.16. The molecule has 0 aliphatic heterocycles. The lowest BCUT2D eigenvalue weighted by molar-refractivity contribution is 0.103. The lowest BCUT2D eigenvalue weighted by atomic mass is 10.1. The van der Waals surface area contributed by atoms with Crippen molar-refractivity contribution in [3.8, 4) is 0 Å². The highest BCUT2D eigenvalue weighted by atomic mass is 32.1. The van der Waals surface area contributed by atoms with Gasteiger partial charge in [0.2, 0.25) is 0 Å². The van der Waals surface area contributed by atoms with Crippen LogP contribution in [0.3, 0.4) is 0 Å². The Morgan fingerprint density at radius 2 is 1.81 bits per heavy atom. The summed E-state index contributed by atoms with van der Waals surface area (Å²) < 4.78 is 1.08. The van der Waals surface area contributed by atoms with Crippen LogP contribution in [0.25, 0.3) is 9.53 Å². The number of hydrogen-bond acceptors (Lipinski definition) is 6. The Hall–Kier alpha value is -1.96. The summed E-state index contributed by atoms with van der Waals surface area (Å²) in [7, 11) is 4.14. The smallest absolute Gasteiger partial charge is 0.265 e. The maximum Gasteiger partial charge on any atom is 0.265 e. The van der Waals surface area contributed by atoms with Gasteiger partial charge in [-0.2, -0.15) is 0 Å². The molecule has 0 aliphatic rings. The summed E-state index contributed by atoms with van der Waals surface area (Å²) in [6, 6.07) is 10.0. The summed E-state index contributed by atoms with van der Waals surface area (Å²) in [5.41, 5.74) is 2.09. The van der Waals surface area contributed by atoms with Crippen molar-refractivity contribution in [2.75, 3.05) is 43.9 Å². The van der Waals surface area contributed by atoms with Gasteiger partial charge in [-0.05, 0) is 58.1 Å². The Kier molecular flexibility index (Phi) is 6.46. The van der Waals surface area contributed by atoms with Crippen LogP contribution in [0.4, 0.5) is 10.8 Å². The number of thiazole rings is 1. The first-order chi connectivity index (χ1) is 13.0. The van der Waals surface area contributed by atoms with Gasteiger partial charge in [0.05, 0.1) is 9.58 Å². The van der Waals surface area contributed by atoms with E-state index >= 15 is 0 Å². The minimum atomic E-state index is -0.0735. The van der Waals surface area contributed by atoms with Crippen molar-refractivity contribution in [1.82, 2.24) is 9.88 Å². The first-order valence-electron chi connectivity index (χ1n) is 9.20. The summed E-state index contributed by atoms with van der Waals surface area (Å²) in [6.45, 7) is 7.15. The number of hydrogen-bond donors (Lipinski definition) is 1. The van der Waals surface area contributed by atoms with Crippen LogP contribution in [0.15, 0.2) is 30.3 Å². The van der Waals surface area contributed by atoms with E-state index in [2.05, 4.69) is 55.2 Å². The number of nitrogens with one attached hydrogen (secondary N) is 1. The van der Waals surface area contributed by atoms with E-state index in [1.54, 1.807) is 11.3 Å². The van der Waals surface area contributed by atoms with E-state index in [1.165, 1.54) is 16.9 Å². The zero-order valence-corrected chi connectivity index (χ0v) is 17.9. The predicted molar refractivity (Wildman–Crippen MR) is 118 cm³/mol. The van der Waals surface area contributed by atoms with Crippen molar-refractivity contribution >= 4 is 48.9 Å². The molecular weight excluding hydrogens is 376 g/mol. The molecule has 144 valence electrons. The van der Waals surface area contributed by atoms with E-state index in [1.807, 2.05) is 18.2 Å². The number of rotatable bonds is 8. The van der Waals surface area contributed by atoms with E-state index in [0.717, 1.165) is 46.4 Å². The van der Waals surface area contributed by atoms with Crippen LogP contribution in [0, 0.1) is 0 Å².